The number of carbonyl (C=O) groups is 2. The van der Waals surface area contributed by atoms with E-state index in [2.05, 4.69) is 23.5 Å². The summed E-state index contributed by atoms with van der Waals surface area (Å²) >= 11 is 0. The molecule has 1 atom stereocenters. The number of hydrogen-bond donors (Lipinski definition) is 2. The Hall–Kier alpha value is -1.84. The van der Waals surface area contributed by atoms with Gasteiger partial charge in [-0.05, 0) is 39.2 Å². The largest absolute Gasteiger partial charge is 0.481 e. The van der Waals surface area contributed by atoms with Gasteiger partial charge in [0.25, 0.3) is 0 Å². The van der Waals surface area contributed by atoms with Gasteiger partial charge in [0.05, 0.1) is 6.04 Å². The fourth-order valence-electron chi connectivity index (χ4n) is 2.22. The first kappa shape index (κ1) is 16.2. The summed E-state index contributed by atoms with van der Waals surface area (Å²) in [5, 5.41) is 11.5. The normalized spacial score (nSPS) is 11.9. The Bertz CT molecular complexity index is 462. The minimum atomic E-state index is -0.811. The quantitative estimate of drug-likeness (QED) is 0.752. The lowest BCUT2D eigenvalue weighted by molar-refractivity contribution is -0.137. The maximum Gasteiger partial charge on any atom is 0.303 e. The maximum absolute atomic E-state index is 11.8. The standard InChI is InChI=1S/C16H23NO3/c1-11-8-12(2)10-14(9-11)13(3)17-15(18)6-4-5-7-16(19)20/h8-10,13H,4-7H2,1-3H3,(H,17,18)(H,19,20). The van der Waals surface area contributed by atoms with Gasteiger partial charge in [-0.1, -0.05) is 29.3 Å². The zero-order chi connectivity index (χ0) is 15.1. The maximum atomic E-state index is 11.8. The summed E-state index contributed by atoms with van der Waals surface area (Å²) < 4.78 is 0. The van der Waals surface area contributed by atoms with Crippen molar-refractivity contribution in [3.8, 4) is 0 Å². The van der Waals surface area contributed by atoms with E-state index < -0.39 is 5.97 Å². The molecule has 0 aliphatic heterocycles. The van der Waals surface area contributed by atoms with Gasteiger partial charge in [-0.15, -0.1) is 0 Å². The van der Waals surface area contributed by atoms with Gasteiger partial charge in [0, 0.05) is 12.8 Å². The average molecular weight is 277 g/mol. The predicted octanol–water partition coefficient (Wildman–Crippen LogP) is 3.13. The van der Waals surface area contributed by atoms with E-state index in [1.807, 2.05) is 20.8 Å². The highest BCUT2D eigenvalue weighted by atomic mass is 16.4. The van der Waals surface area contributed by atoms with Crippen LogP contribution in [-0.2, 0) is 9.59 Å². The lowest BCUT2D eigenvalue weighted by Crippen LogP contribution is -2.26. The number of aryl methyl sites for hydroxylation is 2. The molecule has 1 unspecified atom stereocenters. The Morgan fingerprint density at radius 2 is 1.65 bits per heavy atom. The van der Waals surface area contributed by atoms with Gasteiger partial charge in [-0.3, -0.25) is 9.59 Å². The van der Waals surface area contributed by atoms with E-state index in [0.29, 0.717) is 19.3 Å². The number of carboxylic acid groups (broad SMARTS) is 1. The van der Waals surface area contributed by atoms with E-state index in [0.717, 1.165) is 5.56 Å². The molecule has 1 aromatic rings. The van der Waals surface area contributed by atoms with Gasteiger partial charge in [-0.2, -0.15) is 0 Å². The number of rotatable bonds is 7. The Morgan fingerprint density at radius 3 is 2.20 bits per heavy atom. The zero-order valence-electron chi connectivity index (χ0n) is 12.4. The van der Waals surface area contributed by atoms with Crippen molar-refractivity contribution in [3.05, 3.63) is 34.9 Å². The molecular formula is C16H23NO3. The van der Waals surface area contributed by atoms with Crippen LogP contribution in [0.1, 0.15) is 55.3 Å². The zero-order valence-corrected chi connectivity index (χ0v) is 12.4. The second kappa shape index (κ2) is 7.68. The number of aliphatic carboxylic acids is 1. The molecule has 4 heteroatoms. The molecule has 2 N–H and O–H groups in total. The molecule has 0 heterocycles. The Balaban J connectivity index is 2.43. The van der Waals surface area contributed by atoms with Crippen molar-refractivity contribution in [3.63, 3.8) is 0 Å². The molecule has 1 aromatic carbocycles. The number of nitrogens with one attached hydrogen (secondary N) is 1. The van der Waals surface area contributed by atoms with Crippen LogP contribution >= 0.6 is 0 Å². The third-order valence-corrected chi connectivity index (χ3v) is 3.17. The number of unbranched alkanes of at least 4 members (excludes halogenated alkanes) is 1. The minimum absolute atomic E-state index is 0.0259. The minimum Gasteiger partial charge on any atom is -0.481 e. The molecule has 0 aliphatic carbocycles. The molecule has 0 bridgehead atoms. The number of carbonyl (C=O) groups excluding carboxylic acids is 1. The average Bonchev–Trinajstić information content (AvgIpc) is 2.33. The highest BCUT2D eigenvalue weighted by Crippen LogP contribution is 2.16. The predicted molar refractivity (Wildman–Crippen MR) is 78.6 cm³/mol. The summed E-state index contributed by atoms with van der Waals surface area (Å²) in [7, 11) is 0. The molecule has 0 saturated carbocycles. The van der Waals surface area contributed by atoms with Crippen LogP contribution < -0.4 is 5.32 Å². The van der Waals surface area contributed by atoms with Gasteiger partial charge in [0.1, 0.15) is 0 Å². The van der Waals surface area contributed by atoms with Crippen molar-refractivity contribution >= 4 is 11.9 Å². The van der Waals surface area contributed by atoms with E-state index >= 15 is 0 Å². The van der Waals surface area contributed by atoms with Gasteiger partial charge < -0.3 is 10.4 Å². The van der Waals surface area contributed by atoms with Crippen molar-refractivity contribution in [2.45, 2.75) is 52.5 Å². The molecule has 20 heavy (non-hydrogen) atoms. The third-order valence-electron chi connectivity index (χ3n) is 3.17. The van der Waals surface area contributed by atoms with E-state index in [1.54, 1.807) is 0 Å². The highest BCUT2D eigenvalue weighted by molar-refractivity contribution is 5.76. The van der Waals surface area contributed by atoms with Crippen LogP contribution in [0.5, 0.6) is 0 Å². The summed E-state index contributed by atoms with van der Waals surface area (Å²) in [6, 6.07) is 6.22. The molecule has 0 fully saturated rings. The van der Waals surface area contributed by atoms with Crippen LogP contribution in [0.25, 0.3) is 0 Å². The van der Waals surface area contributed by atoms with Crippen LogP contribution in [0.3, 0.4) is 0 Å². The molecular weight excluding hydrogens is 254 g/mol. The second-order valence-electron chi connectivity index (χ2n) is 5.31. The van der Waals surface area contributed by atoms with Crippen molar-refractivity contribution in [2.75, 3.05) is 0 Å². The first-order valence-corrected chi connectivity index (χ1v) is 6.98. The Kier molecular flexibility index (Phi) is 6.22. The molecule has 4 nitrogen and oxygen atoms in total. The van der Waals surface area contributed by atoms with Crippen molar-refractivity contribution in [2.24, 2.45) is 0 Å². The molecule has 0 aliphatic rings. The van der Waals surface area contributed by atoms with Crippen molar-refractivity contribution in [1.29, 1.82) is 0 Å². The highest BCUT2D eigenvalue weighted by Gasteiger charge is 2.10. The first-order valence-electron chi connectivity index (χ1n) is 6.98. The van der Waals surface area contributed by atoms with Gasteiger partial charge in [-0.25, -0.2) is 0 Å². The van der Waals surface area contributed by atoms with E-state index in [1.165, 1.54) is 11.1 Å². The summed E-state index contributed by atoms with van der Waals surface area (Å²) in [6.07, 6.45) is 1.65. The van der Waals surface area contributed by atoms with Crippen LogP contribution in [0, 0.1) is 13.8 Å². The van der Waals surface area contributed by atoms with Gasteiger partial charge in [0.15, 0.2) is 0 Å². The van der Waals surface area contributed by atoms with Crippen LogP contribution in [0.15, 0.2) is 18.2 Å². The van der Waals surface area contributed by atoms with Gasteiger partial charge in [0.2, 0.25) is 5.91 Å². The molecule has 0 spiro atoms. The second-order valence-corrected chi connectivity index (χ2v) is 5.31. The number of carboxylic acids is 1. The summed E-state index contributed by atoms with van der Waals surface area (Å²) in [4.78, 5) is 22.2. The fraction of sp³-hybridized carbons (Fsp3) is 0.500. The van der Waals surface area contributed by atoms with E-state index in [9.17, 15) is 9.59 Å². The molecule has 0 saturated heterocycles. The molecule has 1 amide bonds. The number of hydrogen-bond acceptors (Lipinski definition) is 2. The fourth-order valence-corrected chi connectivity index (χ4v) is 2.22. The Labute approximate surface area is 120 Å². The molecule has 1 rings (SSSR count). The van der Waals surface area contributed by atoms with Gasteiger partial charge >= 0.3 is 5.97 Å². The van der Waals surface area contributed by atoms with Crippen molar-refractivity contribution < 1.29 is 14.7 Å². The van der Waals surface area contributed by atoms with Crippen LogP contribution in [0.2, 0.25) is 0 Å². The summed E-state index contributed by atoms with van der Waals surface area (Å²) in [5.41, 5.74) is 3.46. The lowest BCUT2D eigenvalue weighted by atomic mass is 10.0. The smallest absolute Gasteiger partial charge is 0.303 e. The molecule has 110 valence electrons. The van der Waals surface area contributed by atoms with Crippen LogP contribution in [0.4, 0.5) is 0 Å². The Morgan fingerprint density at radius 1 is 1.10 bits per heavy atom. The van der Waals surface area contributed by atoms with E-state index in [-0.39, 0.29) is 18.4 Å². The lowest BCUT2D eigenvalue weighted by Gasteiger charge is -2.15. The summed E-state index contributed by atoms with van der Waals surface area (Å²) in [6.45, 7) is 6.04. The van der Waals surface area contributed by atoms with Crippen molar-refractivity contribution in [1.82, 2.24) is 5.32 Å². The first-order chi connectivity index (χ1) is 9.38. The number of amides is 1. The summed E-state index contributed by atoms with van der Waals surface area (Å²) in [5.74, 6) is -0.837. The topological polar surface area (TPSA) is 66.4 Å². The third kappa shape index (κ3) is 5.87. The molecule has 0 radical (unpaired) electrons. The monoisotopic (exact) mass is 277 g/mol. The molecule has 0 aromatic heterocycles. The SMILES string of the molecule is Cc1cc(C)cc(C(C)NC(=O)CCCCC(=O)O)c1. The number of benzene rings is 1. The van der Waals surface area contributed by atoms with E-state index in [4.69, 9.17) is 5.11 Å². The van der Waals surface area contributed by atoms with Crippen LogP contribution in [-0.4, -0.2) is 17.0 Å².